The van der Waals surface area contributed by atoms with Crippen LogP contribution in [-0.2, 0) is 0 Å². The Morgan fingerprint density at radius 2 is 2.22 bits per heavy atom. The number of aromatic nitrogens is 2. The number of rotatable bonds is 4. The molecule has 1 aliphatic heterocycles. The van der Waals surface area contributed by atoms with Gasteiger partial charge in [0.05, 0.1) is 0 Å². The van der Waals surface area contributed by atoms with Gasteiger partial charge < -0.3 is 0 Å². The number of aliphatic hydroxyl groups excluding tert-OH is 1. The number of alkyl halides is 1. The van der Waals surface area contributed by atoms with E-state index in [1.54, 1.807) is 6.20 Å². The first-order chi connectivity index (χ1) is 11.2. The molecule has 1 aliphatic rings. The van der Waals surface area contributed by atoms with E-state index in [2.05, 4.69) is 9.97 Å². The summed E-state index contributed by atoms with van der Waals surface area (Å²) in [5, 5.41) is 12.1. The predicted octanol–water partition coefficient (Wildman–Crippen LogP) is -0.549. The Hall–Kier alpha value is -0.870. The molecule has 1 atom stereocenters. The molecule has 122 valence electrons. The molecule has 5 nitrogen and oxygen atoms in total. The van der Waals surface area contributed by atoms with Gasteiger partial charge in [-0.1, -0.05) is 0 Å². The Balaban J connectivity index is 2.14. The Kier molecular flexibility index (Phi) is 5.42. The Bertz CT molecular complexity index is 758. The molecule has 23 heavy (non-hydrogen) atoms. The second kappa shape index (κ2) is 7.35. The van der Waals surface area contributed by atoms with E-state index in [1.165, 1.54) is 11.8 Å². The second-order valence-electron chi connectivity index (χ2n) is 4.67. The predicted molar refractivity (Wildman–Crippen MR) is 90.7 cm³/mol. The quantitative estimate of drug-likeness (QED) is 0.159. The molecule has 2 heterocycles. The van der Waals surface area contributed by atoms with Crippen LogP contribution in [0.5, 0.6) is 0 Å². The monoisotopic (exact) mass is 461 g/mol. The van der Waals surface area contributed by atoms with Gasteiger partial charge in [0, 0.05) is 0 Å². The molecule has 2 aromatic rings. The number of halogens is 2. The minimum atomic E-state index is -0.802. The maximum atomic E-state index is 10.9. The molecule has 0 fully saturated rings. The van der Waals surface area contributed by atoms with Crippen molar-refractivity contribution in [3.63, 3.8) is 0 Å². The minimum absolute atomic E-state index is 0.518. The van der Waals surface area contributed by atoms with Gasteiger partial charge in [-0.05, 0) is 0 Å². The van der Waals surface area contributed by atoms with Crippen LogP contribution in [0.3, 0.4) is 0 Å². The van der Waals surface area contributed by atoms with Crippen molar-refractivity contribution in [2.75, 3.05) is 13.9 Å². The number of fused-ring (bicyclic) bond motifs is 1. The molecule has 8 heteroatoms. The molecule has 1 unspecified atom stereocenters. The molecule has 0 saturated carbocycles. The van der Waals surface area contributed by atoms with Crippen molar-refractivity contribution in [3.05, 3.63) is 46.6 Å². The average molecular weight is 462 g/mol. The fourth-order valence-corrected chi connectivity index (χ4v) is 4.71. The van der Waals surface area contributed by atoms with Crippen LogP contribution in [0.4, 0.5) is 5.82 Å². The van der Waals surface area contributed by atoms with E-state index in [4.69, 9.17) is 17.3 Å². The van der Waals surface area contributed by atoms with Crippen LogP contribution in [0.15, 0.2) is 35.6 Å². The van der Waals surface area contributed by atoms with Crippen molar-refractivity contribution in [2.45, 2.75) is 11.4 Å². The van der Waals surface area contributed by atoms with E-state index < -0.39 is 27.7 Å². The zero-order chi connectivity index (χ0) is 16.4. The Morgan fingerprint density at radius 3 is 2.91 bits per heavy atom. The van der Waals surface area contributed by atoms with Gasteiger partial charge in [0.25, 0.3) is 0 Å². The number of aliphatic hydroxyl groups is 1. The molecule has 0 spiro atoms. The molecular weight excluding hydrogens is 447 g/mol. The summed E-state index contributed by atoms with van der Waals surface area (Å²) in [6.45, 7) is 0. The maximum absolute atomic E-state index is 10.9. The fraction of sp³-hybridized carbons (Fsp3) is 0.200. The van der Waals surface area contributed by atoms with E-state index >= 15 is 0 Å². The van der Waals surface area contributed by atoms with Crippen molar-refractivity contribution < 1.29 is 26.6 Å². The number of nitrogens with two attached hydrogens (primary N) is 1. The first-order valence-electron chi connectivity index (χ1n) is 6.80. The summed E-state index contributed by atoms with van der Waals surface area (Å²) in [6.07, 6.45) is 4.81. The normalized spacial score (nSPS) is 17.1. The van der Waals surface area contributed by atoms with Crippen LogP contribution in [-0.4, -0.2) is 32.1 Å². The van der Waals surface area contributed by atoms with Gasteiger partial charge in [0.1, 0.15) is 0 Å². The molecule has 0 bridgehead atoms. The third-order valence-electron chi connectivity index (χ3n) is 3.35. The van der Waals surface area contributed by atoms with Crippen LogP contribution in [0, 0.1) is 0 Å². The topological polar surface area (TPSA) is 75.3 Å². The van der Waals surface area contributed by atoms with Gasteiger partial charge >= 0.3 is 155 Å². The Labute approximate surface area is 154 Å². The molecule has 0 amide bonds. The van der Waals surface area contributed by atoms with E-state index in [0.717, 1.165) is 22.5 Å². The van der Waals surface area contributed by atoms with E-state index in [1.807, 2.05) is 39.7 Å². The molecule has 0 saturated heterocycles. The first kappa shape index (κ1) is 17.0. The number of anilines is 1. The zero-order valence-electron chi connectivity index (χ0n) is 12.3. The van der Waals surface area contributed by atoms with Crippen LogP contribution in [0.25, 0.3) is 11.6 Å². The van der Waals surface area contributed by atoms with E-state index in [0.29, 0.717) is 14.7 Å². The summed E-state index contributed by atoms with van der Waals surface area (Å²) in [5.74, 6) is 0.742. The summed E-state index contributed by atoms with van der Waals surface area (Å²) in [7, 11) is 0. The summed E-state index contributed by atoms with van der Waals surface area (Å²) in [4.78, 5) is 8.87. The molecule has 3 N–H and O–H groups in total. The number of hydrogen-bond acceptors (Lipinski definition) is 6. The molecule has 0 aliphatic carbocycles. The second-order valence-corrected chi connectivity index (χ2v) is 8.46. The number of hydrogen-bond donors (Lipinski definition) is 2. The van der Waals surface area contributed by atoms with Crippen molar-refractivity contribution >= 4 is 40.8 Å². The summed E-state index contributed by atoms with van der Waals surface area (Å²) >= 11 is 7.18. The van der Waals surface area contributed by atoms with Crippen LogP contribution in [0.1, 0.15) is 11.1 Å². The van der Waals surface area contributed by atoms with Crippen LogP contribution in [0.2, 0.25) is 5.02 Å². The summed E-state index contributed by atoms with van der Waals surface area (Å²) in [5.41, 5.74) is 8.20. The third-order valence-corrected chi connectivity index (χ3v) is 6.35. The summed E-state index contributed by atoms with van der Waals surface area (Å²) < 4.78 is 2.41. The first-order valence-corrected chi connectivity index (χ1v) is 10.9. The van der Waals surface area contributed by atoms with E-state index in [9.17, 15) is 5.11 Å². The Morgan fingerprint density at radius 1 is 1.43 bits per heavy atom. The van der Waals surface area contributed by atoms with Crippen molar-refractivity contribution in [1.82, 2.24) is 9.97 Å². The fourth-order valence-electron chi connectivity index (χ4n) is 2.33. The van der Waals surface area contributed by atoms with Gasteiger partial charge in [0.15, 0.2) is 0 Å². The van der Waals surface area contributed by atoms with Crippen LogP contribution >= 0.6 is 23.4 Å². The summed E-state index contributed by atoms with van der Waals surface area (Å²) in [6, 6.07) is 7.49. The average Bonchev–Trinajstić information content (AvgIpc) is 2.57. The van der Waals surface area contributed by atoms with Crippen molar-refractivity contribution in [2.24, 2.45) is 5.73 Å². The zero-order valence-corrected chi connectivity index (χ0v) is 16.0. The van der Waals surface area contributed by atoms with E-state index in [-0.39, 0.29) is 0 Å². The van der Waals surface area contributed by atoms with Crippen molar-refractivity contribution in [1.29, 1.82) is 0 Å². The van der Waals surface area contributed by atoms with Crippen molar-refractivity contribution in [3.8, 4) is 0 Å². The van der Waals surface area contributed by atoms with Gasteiger partial charge in [-0.25, -0.2) is 0 Å². The molecule has 0 radical (unpaired) electrons. The standard InChI is InChI=1S/C15H15ClIN4OS/c1-23-15-19-7-9-6-11(10-4-2-3-5-12(10)16)14(22)21(17-8-18)13(9)20-15/h2-7,14,22H,8,18H2,1H3/q-1. The van der Waals surface area contributed by atoms with Gasteiger partial charge in [0.2, 0.25) is 0 Å². The molecule has 3 rings (SSSR count). The SMILES string of the molecule is CSc1ncc2c(n1)N([I-]CN)C(O)C(c1ccccc1Cl)=C2. The van der Waals surface area contributed by atoms with Gasteiger partial charge in [-0.15, -0.1) is 0 Å². The number of thioether (sulfide) groups is 1. The van der Waals surface area contributed by atoms with Gasteiger partial charge in [-0.2, -0.15) is 0 Å². The third kappa shape index (κ3) is 3.34. The van der Waals surface area contributed by atoms with Crippen LogP contribution < -0.4 is 30.3 Å². The molecular formula is C15H15ClIN4OS-. The molecule has 1 aromatic carbocycles. The number of benzene rings is 1. The molecule has 1 aromatic heterocycles. The number of nitrogens with zero attached hydrogens (tertiary/aromatic N) is 3. The van der Waals surface area contributed by atoms with Gasteiger partial charge in [-0.3, -0.25) is 0 Å².